The minimum atomic E-state index is -0.209. The molecule has 0 aromatic rings. The molecule has 0 saturated carbocycles. The number of thioether (sulfide) groups is 1. The van der Waals surface area contributed by atoms with Gasteiger partial charge in [-0.2, -0.15) is 11.8 Å². The van der Waals surface area contributed by atoms with Crippen LogP contribution in [0.15, 0.2) is 0 Å². The Morgan fingerprint density at radius 1 is 1.57 bits per heavy atom. The Bertz CT molecular complexity index is 216. The molecule has 14 heavy (non-hydrogen) atoms. The minimum absolute atomic E-state index is 0.123. The maximum atomic E-state index is 5.88. The van der Waals surface area contributed by atoms with E-state index in [1.807, 2.05) is 11.8 Å². The molecule has 0 aromatic carbocycles. The summed E-state index contributed by atoms with van der Waals surface area (Å²) in [7, 11) is 9.31. The van der Waals surface area contributed by atoms with Crippen molar-refractivity contribution in [2.45, 2.75) is 29.4 Å². The normalized spacial score (nSPS) is 46.0. The third kappa shape index (κ3) is 1.50. The van der Waals surface area contributed by atoms with E-state index in [0.717, 1.165) is 12.2 Å². The predicted molar refractivity (Wildman–Crippen MR) is 56.9 cm³/mol. The van der Waals surface area contributed by atoms with Crippen LogP contribution in [0.25, 0.3) is 0 Å². The third-order valence-corrected chi connectivity index (χ3v) is 4.57. The van der Waals surface area contributed by atoms with Gasteiger partial charge in [0.25, 0.3) is 0 Å². The van der Waals surface area contributed by atoms with Crippen LogP contribution in [0, 0.1) is 0 Å². The highest BCUT2D eigenvalue weighted by atomic mass is 32.2. The Morgan fingerprint density at radius 3 is 2.93 bits per heavy atom. The molecule has 78 valence electrons. The number of ether oxygens (including phenoxy) is 3. The van der Waals surface area contributed by atoms with Gasteiger partial charge in [-0.1, -0.05) is 0 Å². The minimum Gasteiger partial charge on any atom is -0.385 e. The number of fused-ring (bicyclic) bond motifs is 2. The Kier molecular flexibility index (Phi) is 3.12. The lowest BCUT2D eigenvalue weighted by atomic mass is 9.91. The monoisotopic (exact) mass is 214 g/mol. The highest BCUT2D eigenvalue weighted by molar-refractivity contribution is 8.00. The summed E-state index contributed by atoms with van der Waals surface area (Å²) in [5.41, 5.74) is -0.209. The van der Waals surface area contributed by atoms with Crippen LogP contribution in [-0.2, 0) is 14.2 Å². The summed E-state index contributed by atoms with van der Waals surface area (Å²) < 4.78 is 16.4. The third-order valence-electron chi connectivity index (χ3n) is 3.01. The lowest BCUT2D eigenvalue weighted by molar-refractivity contribution is -0.0751. The van der Waals surface area contributed by atoms with E-state index in [2.05, 4.69) is 0 Å². The molecule has 2 saturated heterocycles. The molecule has 2 radical (unpaired) electrons. The van der Waals surface area contributed by atoms with Crippen LogP contribution in [0.5, 0.6) is 0 Å². The van der Waals surface area contributed by atoms with Gasteiger partial charge in [-0.15, -0.1) is 0 Å². The van der Waals surface area contributed by atoms with Gasteiger partial charge in [0, 0.05) is 39.0 Å². The Labute approximate surface area is 90.3 Å². The van der Waals surface area contributed by atoms with E-state index in [1.165, 1.54) is 0 Å². The van der Waals surface area contributed by atoms with Gasteiger partial charge >= 0.3 is 0 Å². The number of hydrogen-bond donors (Lipinski definition) is 0. The fourth-order valence-electron chi connectivity index (χ4n) is 2.31. The molecule has 2 aliphatic heterocycles. The predicted octanol–water partition coefficient (Wildman–Crippen LogP) is 0.417. The first-order chi connectivity index (χ1) is 6.73. The van der Waals surface area contributed by atoms with Crippen LogP contribution >= 0.6 is 11.8 Å². The maximum absolute atomic E-state index is 5.88. The largest absolute Gasteiger partial charge is 0.385 e. The van der Waals surface area contributed by atoms with Crippen molar-refractivity contribution in [3.63, 3.8) is 0 Å². The van der Waals surface area contributed by atoms with Crippen molar-refractivity contribution in [1.82, 2.24) is 0 Å². The molecule has 4 atom stereocenters. The summed E-state index contributed by atoms with van der Waals surface area (Å²) in [4.78, 5) is 0. The van der Waals surface area contributed by atoms with Crippen molar-refractivity contribution < 1.29 is 14.2 Å². The zero-order valence-electron chi connectivity index (χ0n) is 8.56. The van der Waals surface area contributed by atoms with Gasteiger partial charge in [0.15, 0.2) is 0 Å². The van der Waals surface area contributed by atoms with Gasteiger partial charge in [-0.3, -0.25) is 0 Å². The highest BCUT2D eigenvalue weighted by Crippen LogP contribution is 2.49. The van der Waals surface area contributed by atoms with Crippen molar-refractivity contribution in [1.29, 1.82) is 0 Å². The van der Waals surface area contributed by atoms with Crippen molar-refractivity contribution in [3.05, 3.63) is 0 Å². The smallest absolute Gasteiger partial charge is 0.110 e. The first-order valence-electron chi connectivity index (χ1n) is 4.80. The van der Waals surface area contributed by atoms with Gasteiger partial charge in [-0.05, 0) is 0 Å². The van der Waals surface area contributed by atoms with Crippen LogP contribution in [-0.4, -0.2) is 57.4 Å². The van der Waals surface area contributed by atoms with Crippen LogP contribution in [0.1, 0.15) is 6.42 Å². The summed E-state index contributed by atoms with van der Waals surface area (Å²) in [6.45, 7) is 0.694. The molecule has 0 amide bonds. The molecule has 2 aliphatic rings. The van der Waals surface area contributed by atoms with Crippen molar-refractivity contribution in [3.8, 4) is 0 Å². The van der Waals surface area contributed by atoms with Crippen LogP contribution in [0.4, 0.5) is 0 Å². The van der Waals surface area contributed by atoms with E-state index < -0.39 is 0 Å². The van der Waals surface area contributed by atoms with Gasteiger partial charge in [-0.25, -0.2) is 0 Å². The van der Waals surface area contributed by atoms with E-state index in [9.17, 15) is 0 Å². The summed E-state index contributed by atoms with van der Waals surface area (Å²) in [6, 6.07) is -0.185. The van der Waals surface area contributed by atoms with Gasteiger partial charge < -0.3 is 14.2 Å². The molecule has 2 bridgehead atoms. The molecular weight excluding hydrogens is 199 g/mol. The SMILES string of the molecule is [B][C@@H]1O[C@]2(CCOC)CS[C@@H]1C2OC. The zero-order valence-corrected chi connectivity index (χ0v) is 9.38. The van der Waals surface area contributed by atoms with Crippen molar-refractivity contribution >= 4 is 19.6 Å². The molecule has 0 aromatic heterocycles. The molecule has 5 heteroatoms. The maximum Gasteiger partial charge on any atom is 0.110 e. The van der Waals surface area contributed by atoms with Crippen LogP contribution in [0.3, 0.4) is 0 Å². The van der Waals surface area contributed by atoms with E-state index in [0.29, 0.717) is 6.61 Å². The standard InChI is InChI=1S/C9H15BO3S/c1-11-4-3-9-5-14-6(7(9)12-2)8(10)13-9/h6-8H,3-5H2,1-2H3/t6-,7?,8-,9-/m1/s1. The second kappa shape index (κ2) is 4.04. The summed E-state index contributed by atoms with van der Waals surface area (Å²) in [5, 5.41) is 0.289. The summed E-state index contributed by atoms with van der Waals surface area (Å²) >= 11 is 1.85. The van der Waals surface area contributed by atoms with E-state index in [4.69, 9.17) is 22.1 Å². The Balaban J connectivity index is 2.08. The molecule has 1 unspecified atom stereocenters. The number of hydrogen-bond acceptors (Lipinski definition) is 4. The van der Waals surface area contributed by atoms with Crippen LogP contribution < -0.4 is 0 Å². The number of methoxy groups -OCH3 is 2. The number of rotatable bonds is 4. The Hall–Kier alpha value is 0.295. The van der Waals surface area contributed by atoms with Crippen molar-refractivity contribution in [2.75, 3.05) is 26.6 Å². The summed E-state index contributed by atoms with van der Waals surface area (Å²) in [6.07, 6.45) is 0.983. The fourth-order valence-corrected chi connectivity index (χ4v) is 3.94. The average Bonchev–Trinajstić information content (AvgIpc) is 2.66. The second-order valence-corrected chi connectivity index (χ2v) is 4.99. The van der Waals surface area contributed by atoms with E-state index >= 15 is 0 Å². The Morgan fingerprint density at radius 2 is 2.36 bits per heavy atom. The molecule has 2 heterocycles. The van der Waals surface area contributed by atoms with Crippen molar-refractivity contribution in [2.24, 2.45) is 0 Å². The molecule has 0 spiro atoms. The first-order valence-corrected chi connectivity index (χ1v) is 5.85. The summed E-state index contributed by atoms with van der Waals surface area (Å²) in [5.74, 6) is 0.966. The van der Waals surface area contributed by atoms with E-state index in [1.54, 1.807) is 14.2 Å². The average molecular weight is 214 g/mol. The molecule has 2 fully saturated rings. The second-order valence-electron chi connectivity index (χ2n) is 3.82. The quantitative estimate of drug-likeness (QED) is 0.634. The first kappa shape index (κ1) is 10.8. The van der Waals surface area contributed by atoms with Gasteiger partial charge in [0.1, 0.15) is 19.6 Å². The molecular formula is C9H15BO3S. The lowest BCUT2D eigenvalue weighted by Crippen LogP contribution is -2.42. The van der Waals surface area contributed by atoms with Gasteiger partial charge in [0.05, 0.1) is 5.25 Å². The molecule has 0 aliphatic carbocycles. The fraction of sp³-hybridized carbons (Fsp3) is 1.00. The van der Waals surface area contributed by atoms with Crippen LogP contribution in [0.2, 0.25) is 0 Å². The van der Waals surface area contributed by atoms with E-state index in [-0.39, 0.29) is 23.0 Å². The molecule has 0 N–H and O–H groups in total. The van der Waals surface area contributed by atoms with Gasteiger partial charge in [0.2, 0.25) is 0 Å². The molecule has 2 rings (SSSR count). The zero-order chi connectivity index (χ0) is 10.2. The lowest BCUT2D eigenvalue weighted by Gasteiger charge is -2.30. The molecule has 3 nitrogen and oxygen atoms in total. The topological polar surface area (TPSA) is 27.7 Å². The highest BCUT2D eigenvalue weighted by Gasteiger charge is 2.58.